The molecule has 1 rings (SSSR count). The number of hydrogen-bond donors (Lipinski definition) is 0. The lowest BCUT2D eigenvalue weighted by molar-refractivity contribution is 0.739. The van der Waals surface area contributed by atoms with Crippen LogP contribution < -0.4 is 0 Å². The van der Waals surface area contributed by atoms with Crippen LogP contribution in [-0.2, 0) is 0 Å². The minimum absolute atomic E-state index is 0.806. The van der Waals surface area contributed by atoms with Crippen molar-refractivity contribution >= 4 is 0 Å². The van der Waals surface area contributed by atoms with E-state index in [1.165, 1.54) is 12.8 Å². The lowest BCUT2D eigenvalue weighted by atomic mass is 10.0. The fourth-order valence-electron chi connectivity index (χ4n) is 0.990. The molecule has 40 valence electrons. The van der Waals surface area contributed by atoms with Crippen molar-refractivity contribution in [2.75, 3.05) is 0 Å². The van der Waals surface area contributed by atoms with Gasteiger partial charge < -0.3 is 0 Å². The van der Waals surface area contributed by atoms with Crippen LogP contribution in [0.25, 0.3) is 0 Å². The van der Waals surface area contributed by atoms with Gasteiger partial charge in [0.15, 0.2) is 0 Å². The third kappa shape index (κ3) is 0.960. The predicted octanol–water partition coefficient (Wildman–Crippen LogP) is 2.21. The molecule has 1 fully saturated rings. The lowest BCUT2D eigenvalue weighted by Gasteiger charge is -2.04. The van der Waals surface area contributed by atoms with Crippen molar-refractivity contribution < 1.29 is 0 Å². The summed E-state index contributed by atoms with van der Waals surface area (Å²) in [5.74, 6) is 2.46. The maximum atomic E-state index is 2.38. The van der Waals surface area contributed by atoms with Crippen molar-refractivity contribution in [3.8, 4) is 0 Å². The first-order chi connectivity index (χ1) is 3.30. The lowest BCUT2D eigenvalue weighted by Crippen LogP contribution is -1.93. The average molecular weight is 96.2 g/mol. The van der Waals surface area contributed by atoms with Crippen molar-refractivity contribution in [1.82, 2.24) is 0 Å². The van der Waals surface area contributed by atoms with E-state index in [1.54, 1.807) is 5.92 Å². The monoisotopic (exact) mass is 96.1 g/mol. The van der Waals surface area contributed by atoms with Crippen LogP contribution in [0.15, 0.2) is 0 Å². The predicted molar refractivity (Wildman–Crippen MR) is 31.6 cm³/mol. The second-order valence-electron chi connectivity index (χ2n) is 2.41. The van der Waals surface area contributed by atoms with Crippen LogP contribution >= 0.6 is 0 Å². The van der Waals surface area contributed by atoms with E-state index in [0.717, 1.165) is 5.92 Å². The fraction of sp³-hybridized carbons (Fsp3) is 0.714. The zero-order valence-corrected chi connectivity index (χ0v) is 5.07. The molecule has 1 aliphatic carbocycles. The van der Waals surface area contributed by atoms with E-state index in [-0.39, 0.29) is 0 Å². The highest BCUT2D eigenvalue weighted by Gasteiger charge is 2.18. The summed E-state index contributed by atoms with van der Waals surface area (Å²) in [5, 5.41) is 0. The molecule has 0 aromatic heterocycles. The van der Waals surface area contributed by atoms with Gasteiger partial charge in [0.1, 0.15) is 0 Å². The van der Waals surface area contributed by atoms with Gasteiger partial charge in [-0.3, -0.25) is 0 Å². The Morgan fingerprint density at radius 3 is 2.57 bits per heavy atom. The van der Waals surface area contributed by atoms with E-state index < -0.39 is 0 Å². The quantitative estimate of drug-likeness (QED) is 0.433. The highest BCUT2D eigenvalue weighted by atomic mass is 14.2. The Bertz CT molecular complexity index is 49.1. The van der Waals surface area contributed by atoms with Crippen LogP contribution in [0.4, 0.5) is 0 Å². The molecule has 0 aliphatic heterocycles. The molecular formula is C7H12. The van der Waals surface area contributed by atoms with Gasteiger partial charge in [-0.1, -0.05) is 13.8 Å². The molecule has 7 heavy (non-hydrogen) atoms. The summed E-state index contributed by atoms with van der Waals surface area (Å²) in [5.41, 5.74) is 0. The molecule has 0 saturated heterocycles. The van der Waals surface area contributed by atoms with Gasteiger partial charge >= 0.3 is 0 Å². The van der Waals surface area contributed by atoms with E-state index in [1.807, 2.05) is 0 Å². The van der Waals surface area contributed by atoms with E-state index in [9.17, 15) is 0 Å². The van der Waals surface area contributed by atoms with Gasteiger partial charge in [0.05, 0.1) is 0 Å². The van der Waals surface area contributed by atoms with Gasteiger partial charge in [-0.15, -0.1) is 0 Å². The smallest absolute Gasteiger partial charge is 0.0241 e. The normalized spacial score (nSPS) is 34.3. The maximum absolute atomic E-state index is 2.38. The Labute approximate surface area is 45.9 Å². The van der Waals surface area contributed by atoms with Crippen LogP contribution in [0.2, 0.25) is 0 Å². The minimum Gasteiger partial charge on any atom is -0.0617 e. The first-order valence-electron chi connectivity index (χ1n) is 2.96. The summed E-state index contributed by atoms with van der Waals surface area (Å²) in [6, 6.07) is 0. The Balaban J connectivity index is 2.33. The molecule has 1 aliphatic rings. The molecule has 0 spiro atoms. The Morgan fingerprint density at radius 2 is 2.43 bits per heavy atom. The van der Waals surface area contributed by atoms with Crippen molar-refractivity contribution in [3.63, 3.8) is 0 Å². The second kappa shape index (κ2) is 1.85. The van der Waals surface area contributed by atoms with Gasteiger partial charge in [0.2, 0.25) is 0 Å². The highest BCUT2D eigenvalue weighted by Crippen LogP contribution is 2.30. The summed E-state index contributed by atoms with van der Waals surface area (Å²) in [6.07, 6.45) is 5.03. The maximum Gasteiger partial charge on any atom is -0.0241 e. The summed E-state index contributed by atoms with van der Waals surface area (Å²) in [6.45, 7) is 4.51. The van der Waals surface area contributed by atoms with Crippen molar-refractivity contribution in [2.45, 2.75) is 26.7 Å². The summed E-state index contributed by atoms with van der Waals surface area (Å²) < 4.78 is 0. The molecule has 0 amide bonds. The molecule has 0 heterocycles. The van der Waals surface area contributed by atoms with Gasteiger partial charge in [0, 0.05) is 0 Å². The van der Waals surface area contributed by atoms with E-state index in [0.29, 0.717) is 0 Å². The van der Waals surface area contributed by atoms with Crippen molar-refractivity contribution in [2.24, 2.45) is 5.92 Å². The molecule has 0 heteroatoms. The Hall–Kier alpha value is 0. The Morgan fingerprint density at radius 1 is 1.71 bits per heavy atom. The third-order valence-corrected chi connectivity index (χ3v) is 1.84. The van der Waals surface area contributed by atoms with E-state index in [2.05, 4.69) is 20.3 Å². The molecule has 0 aromatic rings. The van der Waals surface area contributed by atoms with Crippen LogP contribution in [0.5, 0.6) is 0 Å². The fourth-order valence-corrected chi connectivity index (χ4v) is 0.990. The second-order valence-corrected chi connectivity index (χ2v) is 2.41. The van der Waals surface area contributed by atoms with Gasteiger partial charge in [-0.25, -0.2) is 0 Å². The Kier molecular flexibility index (Phi) is 1.36. The molecule has 1 saturated carbocycles. The van der Waals surface area contributed by atoms with E-state index in [4.69, 9.17) is 0 Å². The topological polar surface area (TPSA) is 0 Å². The van der Waals surface area contributed by atoms with Crippen molar-refractivity contribution in [1.29, 1.82) is 0 Å². The zero-order valence-electron chi connectivity index (χ0n) is 5.07. The molecule has 0 bridgehead atoms. The SMILES string of the molecule is C[C]1CC[CH]C1C. The van der Waals surface area contributed by atoms with E-state index >= 15 is 0 Å². The van der Waals surface area contributed by atoms with Crippen LogP contribution in [-0.4, -0.2) is 0 Å². The van der Waals surface area contributed by atoms with Crippen LogP contribution in [0, 0.1) is 18.3 Å². The van der Waals surface area contributed by atoms with Gasteiger partial charge in [-0.2, -0.15) is 0 Å². The molecule has 0 nitrogen and oxygen atoms in total. The molecule has 1 unspecified atom stereocenters. The third-order valence-electron chi connectivity index (χ3n) is 1.84. The number of hydrogen-bond acceptors (Lipinski definition) is 0. The summed E-state index contributed by atoms with van der Waals surface area (Å²) in [7, 11) is 0. The van der Waals surface area contributed by atoms with Crippen molar-refractivity contribution in [3.05, 3.63) is 12.3 Å². The summed E-state index contributed by atoms with van der Waals surface area (Å²) in [4.78, 5) is 0. The first kappa shape index (κ1) is 5.14. The first-order valence-corrected chi connectivity index (χ1v) is 2.96. The molecule has 0 aromatic carbocycles. The van der Waals surface area contributed by atoms with Gasteiger partial charge in [0.25, 0.3) is 0 Å². The van der Waals surface area contributed by atoms with Crippen LogP contribution in [0.1, 0.15) is 26.7 Å². The highest BCUT2D eigenvalue weighted by molar-refractivity contribution is 5.04. The largest absolute Gasteiger partial charge is 0.0617 e. The summed E-state index contributed by atoms with van der Waals surface area (Å²) >= 11 is 0. The molecule has 0 N–H and O–H groups in total. The van der Waals surface area contributed by atoms with Crippen LogP contribution in [0.3, 0.4) is 0 Å². The standard InChI is InChI=1S/C7H12/c1-6-4-3-5-7(6)2/h4,6H,3,5H2,1-2H3. The van der Waals surface area contributed by atoms with Gasteiger partial charge in [-0.05, 0) is 31.1 Å². The average Bonchev–Trinajstić information content (AvgIpc) is 1.91. The number of rotatable bonds is 0. The molecular weight excluding hydrogens is 84.1 g/mol. The molecule has 2 radical (unpaired) electrons. The molecule has 1 atom stereocenters. The minimum atomic E-state index is 0.806. The zero-order chi connectivity index (χ0) is 5.28.